The molecule has 0 aliphatic heterocycles. The maximum atomic E-state index is 5.87. The molecule has 0 amide bonds. The van der Waals surface area contributed by atoms with E-state index < -0.39 is 0 Å². The Kier molecular flexibility index (Phi) is 5.58. The molecule has 1 N–H and O–H groups in total. The van der Waals surface area contributed by atoms with Crippen LogP contribution < -0.4 is 10.1 Å². The molecule has 0 spiro atoms. The number of aromatic nitrogens is 2. The van der Waals surface area contributed by atoms with Gasteiger partial charge in [0.2, 0.25) is 5.88 Å². The van der Waals surface area contributed by atoms with Gasteiger partial charge in [-0.25, -0.2) is 9.97 Å². The van der Waals surface area contributed by atoms with E-state index in [9.17, 15) is 0 Å². The van der Waals surface area contributed by atoms with E-state index in [4.69, 9.17) is 4.74 Å². The molecular weight excluding hydrogens is 238 g/mol. The minimum absolute atomic E-state index is 0.273. The van der Waals surface area contributed by atoms with E-state index in [2.05, 4.69) is 56.8 Å². The molecule has 0 radical (unpaired) electrons. The molecule has 108 valence electrons. The van der Waals surface area contributed by atoms with Gasteiger partial charge in [-0.1, -0.05) is 34.6 Å². The normalized spacial score (nSPS) is 11.7. The van der Waals surface area contributed by atoms with Crippen molar-refractivity contribution in [2.75, 3.05) is 18.5 Å². The van der Waals surface area contributed by atoms with Crippen LogP contribution in [0.15, 0.2) is 6.33 Å². The zero-order chi connectivity index (χ0) is 14.5. The van der Waals surface area contributed by atoms with Crippen LogP contribution in [0.1, 0.15) is 59.4 Å². The van der Waals surface area contributed by atoms with Crippen LogP contribution in [-0.2, 0) is 0 Å². The van der Waals surface area contributed by atoms with Gasteiger partial charge in [0.15, 0.2) is 0 Å². The number of hydrogen-bond donors (Lipinski definition) is 1. The Morgan fingerprint density at radius 1 is 1.26 bits per heavy atom. The van der Waals surface area contributed by atoms with Gasteiger partial charge < -0.3 is 10.1 Å². The standard InChI is InChI=1S/C15H27N3O/c1-7-16-13-12(11(2)3)14(18-10-17-13)19-9-8-15(4,5)6/h10-11H,7-9H2,1-6H3,(H,16,17,18). The number of nitrogens with one attached hydrogen (secondary N) is 1. The van der Waals surface area contributed by atoms with Crippen LogP contribution in [0.2, 0.25) is 0 Å². The average molecular weight is 265 g/mol. The van der Waals surface area contributed by atoms with Gasteiger partial charge in [-0.3, -0.25) is 0 Å². The van der Waals surface area contributed by atoms with Crippen molar-refractivity contribution in [2.45, 2.75) is 53.9 Å². The van der Waals surface area contributed by atoms with Crippen LogP contribution in [0.5, 0.6) is 5.88 Å². The minimum Gasteiger partial charge on any atom is -0.477 e. The summed E-state index contributed by atoms with van der Waals surface area (Å²) in [5.41, 5.74) is 1.34. The van der Waals surface area contributed by atoms with Gasteiger partial charge in [-0.2, -0.15) is 0 Å². The summed E-state index contributed by atoms with van der Waals surface area (Å²) in [7, 11) is 0. The van der Waals surface area contributed by atoms with Crippen molar-refractivity contribution in [1.82, 2.24) is 9.97 Å². The highest BCUT2D eigenvalue weighted by molar-refractivity contribution is 5.50. The molecule has 0 saturated heterocycles. The highest BCUT2D eigenvalue weighted by atomic mass is 16.5. The molecule has 1 heterocycles. The summed E-state index contributed by atoms with van der Waals surface area (Å²) in [6, 6.07) is 0. The summed E-state index contributed by atoms with van der Waals surface area (Å²) in [4.78, 5) is 8.59. The first-order chi connectivity index (χ1) is 8.85. The fraction of sp³-hybridized carbons (Fsp3) is 0.733. The summed E-state index contributed by atoms with van der Waals surface area (Å²) < 4.78 is 5.87. The highest BCUT2D eigenvalue weighted by Gasteiger charge is 2.17. The largest absolute Gasteiger partial charge is 0.477 e. The first-order valence-corrected chi connectivity index (χ1v) is 7.06. The molecule has 19 heavy (non-hydrogen) atoms. The second-order valence-electron chi connectivity index (χ2n) is 6.29. The number of ether oxygens (including phenoxy) is 1. The Hall–Kier alpha value is -1.32. The van der Waals surface area contributed by atoms with Gasteiger partial charge in [0.25, 0.3) is 0 Å². The lowest BCUT2D eigenvalue weighted by Gasteiger charge is -2.20. The summed E-state index contributed by atoms with van der Waals surface area (Å²) >= 11 is 0. The third kappa shape index (κ3) is 5.05. The van der Waals surface area contributed by atoms with E-state index >= 15 is 0 Å². The second-order valence-corrected chi connectivity index (χ2v) is 6.29. The van der Waals surface area contributed by atoms with Crippen LogP contribution in [0.4, 0.5) is 5.82 Å². The Morgan fingerprint density at radius 3 is 2.47 bits per heavy atom. The van der Waals surface area contributed by atoms with E-state index in [1.807, 2.05) is 0 Å². The molecule has 0 fully saturated rings. The van der Waals surface area contributed by atoms with Crippen LogP contribution in [0, 0.1) is 5.41 Å². The molecule has 0 aliphatic carbocycles. The van der Waals surface area contributed by atoms with Crippen molar-refractivity contribution < 1.29 is 4.74 Å². The van der Waals surface area contributed by atoms with E-state index in [0.29, 0.717) is 18.4 Å². The number of nitrogens with zero attached hydrogens (tertiary/aromatic N) is 2. The molecule has 0 aliphatic rings. The Labute approximate surface area is 117 Å². The SMILES string of the molecule is CCNc1ncnc(OCCC(C)(C)C)c1C(C)C. The quantitative estimate of drug-likeness (QED) is 0.848. The zero-order valence-corrected chi connectivity index (χ0v) is 13.1. The summed E-state index contributed by atoms with van der Waals surface area (Å²) in [5, 5.41) is 3.27. The fourth-order valence-electron chi connectivity index (χ4n) is 1.78. The van der Waals surface area contributed by atoms with Crippen LogP contribution in [0.25, 0.3) is 0 Å². The smallest absolute Gasteiger partial charge is 0.222 e. The number of hydrogen-bond acceptors (Lipinski definition) is 4. The fourth-order valence-corrected chi connectivity index (χ4v) is 1.78. The van der Waals surface area contributed by atoms with E-state index in [1.165, 1.54) is 0 Å². The lowest BCUT2D eigenvalue weighted by Crippen LogP contribution is -2.14. The monoisotopic (exact) mass is 265 g/mol. The molecule has 4 heteroatoms. The average Bonchev–Trinajstić information content (AvgIpc) is 2.27. The van der Waals surface area contributed by atoms with Crippen LogP contribution >= 0.6 is 0 Å². The first kappa shape index (κ1) is 15.7. The van der Waals surface area contributed by atoms with E-state index in [1.54, 1.807) is 6.33 Å². The van der Waals surface area contributed by atoms with Crippen molar-refractivity contribution in [2.24, 2.45) is 5.41 Å². The summed E-state index contributed by atoms with van der Waals surface area (Å²) in [6.07, 6.45) is 2.57. The molecule has 1 rings (SSSR count). The molecule has 1 aromatic heterocycles. The van der Waals surface area contributed by atoms with Crippen molar-refractivity contribution in [1.29, 1.82) is 0 Å². The lowest BCUT2D eigenvalue weighted by molar-refractivity contribution is 0.234. The highest BCUT2D eigenvalue weighted by Crippen LogP contribution is 2.30. The van der Waals surface area contributed by atoms with Gasteiger partial charge in [-0.15, -0.1) is 0 Å². The molecule has 0 atom stereocenters. The maximum Gasteiger partial charge on any atom is 0.222 e. The maximum absolute atomic E-state index is 5.87. The van der Waals surface area contributed by atoms with Crippen molar-refractivity contribution in [3.8, 4) is 5.88 Å². The van der Waals surface area contributed by atoms with Gasteiger partial charge >= 0.3 is 0 Å². The van der Waals surface area contributed by atoms with Crippen LogP contribution in [-0.4, -0.2) is 23.1 Å². The predicted molar refractivity (Wildman–Crippen MR) is 79.9 cm³/mol. The summed E-state index contributed by atoms with van der Waals surface area (Å²) in [5.74, 6) is 1.93. The third-order valence-electron chi connectivity index (χ3n) is 2.86. The Bertz CT molecular complexity index is 397. The van der Waals surface area contributed by atoms with Gasteiger partial charge in [0, 0.05) is 6.54 Å². The van der Waals surface area contributed by atoms with E-state index in [0.717, 1.165) is 24.3 Å². The van der Waals surface area contributed by atoms with Crippen molar-refractivity contribution >= 4 is 5.82 Å². The molecule has 4 nitrogen and oxygen atoms in total. The molecular formula is C15H27N3O. The van der Waals surface area contributed by atoms with Crippen molar-refractivity contribution in [3.63, 3.8) is 0 Å². The predicted octanol–water partition coefficient (Wildman–Crippen LogP) is 3.85. The van der Waals surface area contributed by atoms with Gasteiger partial charge in [0.1, 0.15) is 12.1 Å². The molecule has 0 saturated carbocycles. The third-order valence-corrected chi connectivity index (χ3v) is 2.86. The molecule has 0 bridgehead atoms. The summed E-state index contributed by atoms with van der Waals surface area (Å²) in [6.45, 7) is 14.5. The second kappa shape index (κ2) is 6.73. The Morgan fingerprint density at radius 2 is 1.95 bits per heavy atom. The number of anilines is 1. The number of rotatable bonds is 6. The minimum atomic E-state index is 0.273. The lowest BCUT2D eigenvalue weighted by atomic mass is 9.93. The molecule has 0 unspecified atom stereocenters. The van der Waals surface area contributed by atoms with Crippen molar-refractivity contribution in [3.05, 3.63) is 11.9 Å². The van der Waals surface area contributed by atoms with Crippen LogP contribution in [0.3, 0.4) is 0 Å². The topological polar surface area (TPSA) is 47.0 Å². The molecule has 1 aromatic rings. The molecule has 0 aromatic carbocycles. The van der Waals surface area contributed by atoms with Gasteiger partial charge in [0.05, 0.1) is 12.2 Å². The van der Waals surface area contributed by atoms with E-state index in [-0.39, 0.29) is 5.41 Å². The first-order valence-electron chi connectivity index (χ1n) is 7.06. The van der Waals surface area contributed by atoms with Gasteiger partial charge in [-0.05, 0) is 24.7 Å². The zero-order valence-electron chi connectivity index (χ0n) is 13.1. The Balaban J connectivity index is 2.84.